The second-order valence-corrected chi connectivity index (χ2v) is 8.02. The molecule has 3 aromatic rings. The molecule has 1 aromatic heterocycles. The van der Waals surface area contributed by atoms with E-state index in [0.29, 0.717) is 29.6 Å². The lowest BCUT2D eigenvalue weighted by molar-refractivity contribution is 0.182. The zero-order valence-corrected chi connectivity index (χ0v) is 18.8. The van der Waals surface area contributed by atoms with Crippen molar-refractivity contribution in [1.82, 2.24) is 10.1 Å². The number of likely N-dealkylation sites (tertiary alicyclic amines) is 1. The van der Waals surface area contributed by atoms with Gasteiger partial charge >= 0.3 is 0 Å². The van der Waals surface area contributed by atoms with E-state index < -0.39 is 0 Å². The minimum Gasteiger partial charge on any atom is -0.507 e. The van der Waals surface area contributed by atoms with E-state index in [1.807, 2.05) is 36.4 Å². The van der Waals surface area contributed by atoms with E-state index in [-0.39, 0.29) is 11.8 Å². The summed E-state index contributed by atoms with van der Waals surface area (Å²) in [7, 11) is 4.83. The van der Waals surface area contributed by atoms with Crippen LogP contribution in [0.25, 0.3) is 11.3 Å². The van der Waals surface area contributed by atoms with Crippen LogP contribution in [0.1, 0.15) is 43.0 Å². The van der Waals surface area contributed by atoms with Crippen molar-refractivity contribution >= 4 is 0 Å². The molecule has 7 heteroatoms. The van der Waals surface area contributed by atoms with Gasteiger partial charge in [0.2, 0.25) is 0 Å². The molecule has 0 unspecified atom stereocenters. The van der Waals surface area contributed by atoms with Crippen LogP contribution in [-0.2, 0) is 6.54 Å². The molecule has 32 heavy (non-hydrogen) atoms. The highest BCUT2D eigenvalue weighted by atomic mass is 16.5. The number of hydrogen-bond acceptors (Lipinski definition) is 7. The van der Waals surface area contributed by atoms with Crippen LogP contribution in [0, 0.1) is 0 Å². The van der Waals surface area contributed by atoms with E-state index in [1.54, 1.807) is 27.4 Å². The number of ether oxygens (including phenoxy) is 3. The van der Waals surface area contributed by atoms with Gasteiger partial charge in [0, 0.05) is 29.8 Å². The second kappa shape index (κ2) is 9.96. The first-order chi connectivity index (χ1) is 15.6. The van der Waals surface area contributed by atoms with Crippen molar-refractivity contribution in [2.24, 2.45) is 0 Å². The molecule has 1 aliphatic rings. The molecular formula is C25H30N2O5. The van der Waals surface area contributed by atoms with Crippen molar-refractivity contribution in [2.45, 2.75) is 38.3 Å². The third kappa shape index (κ3) is 4.67. The maximum Gasteiger partial charge on any atom is 0.167 e. The van der Waals surface area contributed by atoms with Gasteiger partial charge < -0.3 is 23.8 Å². The number of nitrogens with zero attached hydrogens (tertiary/aromatic N) is 2. The molecule has 0 amide bonds. The molecule has 4 rings (SSSR count). The average Bonchev–Trinajstić information content (AvgIpc) is 3.20. The summed E-state index contributed by atoms with van der Waals surface area (Å²) in [5, 5.41) is 14.9. The van der Waals surface area contributed by atoms with Gasteiger partial charge in [-0.1, -0.05) is 24.1 Å². The van der Waals surface area contributed by atoms with Gasteiger partial charge in [0.25, 0.3) is 0 Å². The van der Waals surface area contributed by atoms with Gasteiger partial charge in [0.1, 0.15) is 17.2 Å². The lowest BCUT2D eigenvalue weighted by atomic mass is 10.0. The standard InChI is InChI=1S/C25H30N2O5/c1-29-19-10-8-18(22(28)14-19)16-27-12-6-4-5-7-21(27)20-15-24(32-26-20)17-9-11-23(30-2)25(13-17)31-3/h8-11,13-15,21,28H,4-7,12,16H2,1-3H3/t21-/m0/s1. The molecule has 1 atom stereocenters. The van der Waals surface area contributed by atoms with Crippen molar-refractivity contribution < 1.29 is 23.8 Å². The average molecular weight is 439 g/mol. The Labute approximate surface area is 188 Å². The molecule has 0 bridgehead atoms. The summed E-state index contributed by atoms with van der Waals surface area (Å²) in [6.45, 7) is 1.58. The van der Waals surface area contributed by atoms with E-state index in [0.717, 1.165) is 42.6 Å². The normalized spacial score (nSPS) is 17.0. The number of aromatic nitrogens is 1. The summed E-state index contributed by atoms with van der Waals surface area (Å²) in [6.07, 6.45) is 4.43. The Hall–Kier alpha value is -3.19. The molecule has 0 radical (unpaired) electrons. The Morgan fingerprint density at radius 2 is 1.81 bits per heavy atom. The van der Waals surface area contributed by atoms with Gasteiger partial charge in [0.15, 0.2) is 17.3 Å². The number of methoxy groups -OCH3 is 3. The predicted molar refractivity (Wildman–Crippen MR) is 121 cm³/mol. The number of phenolic OH excluding ortho intramolecular Hbond substituents is 1. The van der Waals surface area contributed by atoms with Crippen molar-refractivity contribution in [2.75, 3.05) is 27.9 Å². The van der Waals surface area contributed by atoms with Crippen molar-refractivity contribution in [3.05, 3.63) is 53.7 Å². The Balaban J connectivity index is 1.59. The van der Waals surface area contributed by atoms with Gasteiger partial charge in [-0.05, 0) is 43.7 Å². The largest absolute Gasteiger partial charge is 0.507 e. The van der Waals surface area contributed by atoms with E-state index in [2.05, 4.69) is 10.1 Å². The van der Waals surface area contributed by atoms with E-state index in [9.17, 15) is 5.11 Å². The second-order valence-electron chi connectivity index (χ2n) is 8.02. The quantitative estimate of drug-likeness (QED) is 0.544. The lowest BCUT2D eigenvalue weighted by Gasteiger charge is -2.28. The number of hydrogen-bond donors (Lipinski definition) is 1. The third-order valence-electron chi connectivity index (χ3n) is 6.07. The summed E-state index contributed by atoms with van der Waals surface area (Å²) in [5.41, 5.74) is 2.67. The van der Waals surface area contributed by atoms with E-state index >= 15 is 0 Å². The lowest BCUT2D eigenvalue weighted by Crippen LogP contribution is -2.28. The fourth-order valence-electron chi connectivity index (χ4n) is 4.29. The molecule has 2 aromatic carbocycles. The first-order valence-electron chi connectivity index (χ1n) is 10.9. The molecule has 2 heterocycles. The third-order valence-corrected chi connectivity index (χ3v) is 6.07. The maximum atomic E-state index is 10.5. The van der Waals surface area contributed by atoms with E-state index in [4.69, 9.17) is 18.7 Å². The molecule has 0 spiro atoms. The van der Waals surface area contributed by atoms with Gasteiger partial charge in [-0.15, -0.1) is 0 Å². The smallest absolute Gasteiger partial charge is 0.167 e. The first-order valence-corrected chi connectivity index (χ1v) is 10.9. The Morgan fingerprint density at radius 3 is 2.56 bits per heavy atom. The maximum absolute atomic E-state index is 10.5. The fourth-order valence-corrected chi connectivity index (χ4v) is 4.29. The monoisotopic (exact) mass is 438 g/mol. The van der Waals surface area contributed by atoms with Crippen LogP contribution >= 0.6 is 0 Å². The summed E-state index contributed by atoms with van der Waals surface area (Å²) in [4.78, 5) is 2.38. The molecule has 1 aliphatic heterocycles. The Kier molecular flexibility index (Phi) is 6.85. The van der Waals surface area contributed by atoms with Crippen LogP contribution in [0.2, 0.25) is 0 Å². The highest BCUT2D eigenvalue weighted by Crippen LogP contribution is 2.37. The van der Waals surface area contributed by atoms with Crippen LogP contribution in [0.15, 0.2) is 47.0 Å². The minimum absolute atomic E-state index is 0.122. The van der Waals surface area contributed by atoms with Crippen molar-refractivity contribution in [3.8, 4) is 34.3 Å². The first kappa shape index (κ1) is 22.0. The molecule has 0 aliphatic carbocycles. The van der Waals surface area contributed by atoms with Crippen LogP contribution < -0.4 is 14.2 Å². The van der Waals surface area contributed by atoms with Crippen molar-refractivity contribution in [1.29, 1.82) is 0 Å². The van der Waals surface area contributed by atoms with Crippen molar-refractivity contribution in [3.63, 3.8) is 0 Å². The Morgan fingerprint density at radius 1 is 0.969 bits per heavy atom. The number of rotatable bonds is 7. The van der Waals surface area contributed by atoms with Gasteiger partial charge in [-0.3, -0.25) is 4.90 Å². The molecule has 0 saturated carbocycles. The molecule has 1 saturated heterocycles. The molecule has 1 N–H and O–H groups in total. The van der Waals surface area contributed by atoms with E-state index in [1.165, 1.54) is 6.42 Å². The number of aromatic hydroxyl groups is 1. The Bertz CT molecular complexity index is 1050. The molecule has 7 nitrogen and oxygen atoms in total. The summed E-state index contributed by atoms with van der Waals surface area (Å²) < 4.78 is 21.7. The highest BCUT2D eigenvalue weighted by molar-refractivity contribution is 5.62. The topological polar surface area (TPSA) is 77.2 Å². The SMILES string of the molecule is COc1ccc(CN2CCCCC[C@H]2c2cc(-c3ccc(OC)c(OC)c3)on2)c(O)c1. The summed E-state index contributed by atoms with van der Waals surface area (Å²) in [5.74, 6) is 2.91. The minimum atomic E-state index is 0.122. The van der Waals surface area contributed by atoms with Crippen LogP contribution in [0.5, 0.6) is 23.0 Å². The number of phenols is 1. The zero-order chi connectivity index (χ0) is 22.5. The molecular weight excluding hydrogens is 408 g/mol. The summed E-state index contributed by atoms with van der Waals surface area (Å²) >= 11 is 0. The van der Waals surface area contributed by atoms with Gasteiger partial charge in [0.05, 0.1) is 27.4 Å². The fraction of sp³-hybridized carbons (Fsp3) is 0.400. The molecule has 1 fully saturated rings. The van der Waals surface area contributed by atoms with Crippen LogP contribution in [0.3, 0.4) is 0 Å². The van der Waals surface area contributed by atoms with Crippen LogP contribution in [0.4, 0.5) is 0 Å². The zero-order valence-electron chi connectivity index (χ0n) is 18.8. The van der Waals surface area contributed by atoms with Gasteiger partial charge in [-0.2, -0.15) is 0 Å². The van der Waals surface area contributed by atoms with Crippen LogP contribution in [-0.4, -0.2) is 43.0 Å². The number of benzene rings is 2. The highest BCUT2D eigenvalue weighted by Gasteiger charge is 2.27. The predicted octanol–water partition coefficient (Wildman–Crippen LogP) is 5.19. The van der Waals surface area contributed by atoms with Gasteiger partial charge in [-0.25, -0.2) is 0 Å². The summed E-state index contributed by atoms with van der Waals surface area (Å²) in [6, 6.07) is 13.3. The molecule has 170 valence electrons.